The van der Waals surface area contributed by atoms with E-state index in [1.54, 1.807) is 0 Å². The summed E-state index contributed by atoms with van der Waals surface area (Å²) < 4.78 is 7.04. The Morgan fingerprint density at radius 3 is 2.50 bits per heavy atom. The Labute approximate surface area is 154 Å². The van der Waals surface area contributed by atoms with Gasteiger partial charge in [-0.2, -0.15) is 0 Å². The maximum atomic E-state index is 5.70. The third-order valence-electron chi connectivity index (χ3n) is 3.86. The molecule has 24 heavy (non-hydrogen) atoms. The molecule has 0 N–H and O–H groups in total. The smallest absolute Gasteiger partial charge is 0.0593 e. The van der Waals surface area contributed by atoms with Gasteiger partial charge in [-0.3, -0.25) is 0 Å². The van der Waals surface area contributed by atoms with Gasteiger partial charge in [0, 0.05) is 16.1 Å². The molecule has 0 saturated heterocycles. The highest BCUT2D eigenvalue weighted by Crippen LogP contribution is 2.33. The average Bonchev–Trinajstić information content (AvgIpc) is 2.98. The van der Waals surface area contributed by atoms with Gasteiger partial charge >= 0.3 is 0 Å². The second kappa shape index (κ2) is 9.19. The lowest BCUT2D eigenvalue weighted by molar-refractivity contribution is 0.120. The molecule has 2 nitrogen and oxygen atoms in total. The SMILES string of the molecule is CN(C)CCOCCc1ccc2sc(-c3ccccc3)cc2c1.Cl. The highest BCUT2D eigenvalue weighted by molar-refractivity contribution is 7.22. The number of rotatable bonds is 7. The Kier molecular flexibility index (Phi) is 7.25. The highest BCUT2D eigenvalue weighted by Gasteiger charge is 2.05. The fraction of sp³-hybridized carbons (Fsp3) is 0.300. The summed E-state index contributed by atoms with van der Waals surface area (Å²) in [5.74, 6) is 0. The number of benzene rings is 2. The predicted molar refractivity (Wildman–Crippen MR) is 108 cm³/mol. The van der Waals surface area contributed by atoms with Crippen molar-refractivity contribution in [2.24, 2.45) is 0 Å². The molecule has 0 radical (unpaired) electrons. The van der Waals surface area contributed by atoms with Crippen LogP contribution in [0.3, 0.4) is 0 Å². The average molecular weight is 362 g/mol. The number of halogens is 1. The van der Waals surface area contributed by atoms with Gasteiger partial charge in [0.05, 0.1) is 13.2 Å². The molecule has 4 heteroatoms. The zero-order valence-electron chi connectivity index (χ0n) is 14.2. The number of hydrogen-bond donors (Lipinski definition) is 0. The molecule has 0 fully saturated rings. The lowest BCUT2D eigenvalue weighted by atomic mass is 10.1. The Bertz CT molecular complexity index is 755. The van der Waals surface area contributed by atoms with Crippen molar-refractivity contribution >= 4 is 33.8 Å². The molecule has 0 aliphatic rings. The third-order valence-corrected chi connectivity index (χ3v) is 5.02. The van der Waals surface area contributed by atoms with Crippen LogP contribution in [0.4, 0.5) is 0 Å². The van der Waals surface area contributed by atoms with Gasteiger partial charge in [0.25, 0.3) is 0 Å². The van der Waals surface area contributed by atoms with Gasteiger partial charge in [-0.25, -0.2) is 0 Å². The highest BCUT2D eigenvalue weighted by atomic mass is 35.5. The molecule has 0 aliphatic carbocycles. The molecule has 0 bridgehead atoms. The van der Waals surface area contributed by atoms with E-state index in [4.69, 9.17) is 4.74 Å². The summed E-state index contributed by atoms with van der Waals surface area (Å²) in [4.78, 5) is 3.47. The molecule has 0 amide bonds. The molecule has 3 rings (SSSR count). The minimum atomic E-state index is 0. The van der Waals surface area contributed by atoms with Crippen LogP contribution in [0, 0.1) is 0 Å². The van der Waals surface area contributed by atoms with Gasteiger partial charge < -0.3 is 9.64 Å². The summed E-state index contributed by atoms with van der Waals surface area (Å²) in [6, 6.07) is 19.6. The largest absolute Gasteiger partial charge is 0.380 e. The van der Waals surface area contributed by atoms with Crippen molar-refractivity contribution in [3.63, 3.8) is 0 Å². The number of fused-ring (bicyclic) bond motifs is 1. The minimum absolute atomic E-state index is 0. The number of nitrogens with zero attached hydrogens (tertiary/aromatic N) is 1. The first-order valence-electron chi connectivity index (χ1n) is 8.03. The summed E-state index contributed by atoms with van der Waals surface area (Å²) in [7, 11) is 4.14. The third kappa shape index (κ3) is 5.05. The van der Waals surface area contributed by atoms with Crippen molar-refractivity contribution in [1.82, 2.24) is 4.90 Å². The van der Waals surface area contributed by atoms with Gasteiger partial charge in [-0.1, -0.05) is 42.5 Å². The first-order valence-corrected chi connectivity index (χ1v) is 8.84. The Morgan fingerprint density at radius 1 is 0.958 bits per heavy atom. The standard InChI is InChI=1S/C20H23NOS.ClH/c1-21(2)11-13-22-12-10-16-8-9-19-18(14-16)15-20(23-19)17-6-4-3-5-7-17;/h3-9,14-15H,10-13H2,1-2H3;1H. The Balaban J connectivity index is 0.00000208. The van der Waals surface area contributed by atoms with Gasteiger partial charge in [-0.05, 0) is 49.2 Å². The molecule has 0 aliphatic heterocycles. The Morgan fingerprint density at radius 2 is 1.75 bits per heavy atom. The number of likely N-dealkylation sites (N-methyl/N-ethyl adjacent to an activating group) is 1. The zero-order chi connectivity index (χ0) is 16.1. The van der Waals surface area contributed by atoms with Gasteiger partial charge in [-0.15, -0.1) is 23.7 Å². The predicted octanol–water partition coefficient (Wildman–Crippen LogP) is 5.11. The second-order valence-electron chi connectivity index (χ2n) is 6.01. The number of ether oxygens (including phenoxy) is 1. The molecule has 1 heterocycles. The molecular weight excluding hydrogens is 338 g/mol. The first kappa shape index (κ1) is 18.9. The molecule has 0 saturated carbocycles. The fourth-order valence-electron chi connectivity index (χ4n) is 2.53. The van der Waals surface area contributed by atoms with Crippen LogP contribution in [0.5, 0.6) is 0 Å². The molecule has 128 valence electrons. The topological polar surface area (TPSA) is 12.5 Å². The van der Waals surface area contributed by atoms with Crippen LogP contribution in [-0.2, 0) is 11.2 Å². The summed E-state index contributed by atoms with van der Waals surface area (Å²) in [5.41, 5.74) is 2.64. The Hall–Kier alpha value is -1.39. The minimum Gasteiger partial charge on any atom is -0.380 e. The number of hydrogen-bond acceptors (Lipinski definition) is 3. The molecule has 0 atom stereocenters. The van der Waals surface area contributed by atoms with E-state index in [0.717, 1.165) is 26.2 Å². The van der Waals surface area contributed by atoms with E-state index in [9.17, 15) is 0 Å². The summed E-state index contributed by atoms with van der Waals surface area (Å²) in [6.07, 6.45) is 0.972. The maximum Gasteiger partial charge on any atom is 0.0593 e. The summed E-state index contributed by atoms with van der Waals surface area (Å²) in [6.45, 7) is 2.56. The van der Waals surface area contributed by atoms with Crippen molar-refractivity contribution in [1.29, 1.82) is 0 Å². The van der Waals surface area contributed by atoms with Crippen LogP contribution in [0.25, 0.3) is 20.5 Å². The van der Waals surface area contributed by atoms with Crippen molar-refractivity contribution in [3.8, 4) is 10.4 Å². The first-order chi connectivity index (χ1) is 11.2. The van der Waals surface area contributed by atoms with Crippen LogP contribution in [0.15, 0.2) is 54.6 Å². The summed E-state index contributed by atoms with van der Waals surface area (Å²) in [5, 5.41) is 1.33. The van der Waals surface area contributed by atoms with E-state index >= 15 is 0 Å². The lowest BCUT2D eigenvalue weighted by Gasteiger charge is -2.09. The van der Waals surface area contributed by atoms with Crippen molar-refractivity contribution in [3.05, 3.63) is 60.2 Å². The van der Waals surface area contributed by atoms with Gasteiger partial charge in [0.1, 0.15) is 0 Å². The fourth-order valence-corrected chi connectivity index (χ4v) is 3.58. The van der Waals surface area contributed by atoms with E-state index in [-0.39, 0.29) is 12.4 Å². The van der Waals surface area contributed by atoms with Crippen molar-refractivity contribution in [2.75, 3.05) is 33.9 Å². The van der Waals surface area contributed by atoms with Gasteiger partial charge in [0.15, 0.2) is 0 Å². The van der Waals surface area contributed by atoms with Crippen molar-refractivity contribution in [2.45, 2.75) is 6.42 Å². The molecular formula is C20H24ClNOS. The second-order valence-corrected chi connectivity index (χ2v) is 7.10. The molecule has 0 unspecified atom stereocenters. The molecule has 0 spiro atoms. The van der Waals surface area contributed by atoms with Crippen LogP contribution in [0.1, 0.15) is 5.56 Å². The van der Waals surface area contributed by atoms with E-state index in [2.05, 4.69) is 73.6 Å². The molecule has 1 aromatic heterocycles. The van der Waals surface area contributed by atoms with Crippen molar-refractivity contribution < 1.29 is 4.74 Å². The van der Waals surface area contributed by atoms with E-state index < -0.39 is 0 Å². The van der Waals surface area contributed by atoms with E-state index in [0.29, 0.717) is 0 Å². The van der Waals surface area contributed by atoms with Crippen LogP contribution in [0.2, 0.25) is 0 Å². The zero-order valence-corrected chi connectivity index (χ0v) is 15.8. The molecule has 2 aromatic carbocycles. The lowest BCUT2D eigenvalue weighted by Crippen LogP contribution is -2.18. The van der Waals surface area contributed by atoms with Crippen LogP contribution < -0.4 is 0 Å². The van der Waals surface area contributed by atoms with Crippen LogP contribution in [-0.4, -0.2) is 38.8 Å². The quantitative estimate of drug-likeness (QED) is 0.542. The summed E-state index contributed by atoms with van der Waals surface area (Å²) >= 11 is 1.86. The van der Waals surface area contributed by atoms with E-state index in [1.807, 2.05) is 11.3 Å². The van der Waals surface area contributed by atoms with E-state index in [1.165, 1.54) is 26.1 Å². The monoisotopic (exact) mass is 361 g/mol. The maximum absolute atomic E-state index is 5.70. The number of thiophene rings is 1. The van der Waals surface area contributed by atoms with Crippen LogP contribution >= 0.6 is 23.7 Å². The van der Waals surface area contributed by atoms with Gasteiger partial charge in [0.2, 0.25) is 0 Å². The molecule has 3 aromatic rings. The normalized spacial score (nSPS) is 11.0.